The molecule has 0 saturated carbocycles. The van der Waals surface area contributed by atoms with Crippen molar-refractivity contribution in [3.05, 3.63) is 175 Å². The normalized spacial score (nSPS) is 10.5. The van der Waals surface area contributed by atoms with E-state index in [4.69, 9.17) is 47.4 Å². The summed E-state index contributed by atoms with van der Waals surface area (Å²) in [6, 6.07) is 28.7. The van der Waals surface area contributed by atoms with Crippen LogP contribution in [0, 0.1) is 0 Å². The van der Waals surface area contributed by atoms with Crippen molar-refractivity contribution in [2.75, 3.05) is 39.6 Å². The highest BCUT2D eigenvalue weighted by Gasteiger charge is 2.22. The highest BCUT2D eigenvalue weighted by atomic mass is 16.6. The average molecular weight is 1070 g/mol. The van der Waals surface area contributed by atoms with Gasteiger partial charge in [-0.3, -0.25) is 0 Å². The number of esters is 7. The van der Waals surface area contributed by atoms with E-state index in [0.29, 0.717) is 56.9 Å². The zero-order valence-corrected chi connectivity index (χ0v) is 43.5. The van der Waals surface area contributed by atoms with Crippen molar-refractivity contribution in [1.29, 1.82) is 0 Å². The fourth-order valence-electron chi connectivity index (χ4n) is 7.05. The molecule has 0 bridgehead atoms. The van der Waals surface area contributed by atoms with Crippen molar-refractivity contribution >= 4 is 41.8 Å². The molecule has 78 heavy (non-hydrogen) atoms. The maximum Gasteiger partial charge on any atom is 0.347 e. The van der Waals surface area contributed by atoms with E-state index in [1.807, 2.05) is 0 Å². The largest absolute Gasteiger partial charge is 0.494 e. The Morgan fingerprint density at radius 3 is 0.936 bits per heavy atom. The zero-order valence-electron chi connectivity index (χ0n) is 43.5. The molecule has 17 heteroatoms. The number of hydrogen-bond acceptors (Lipinski definition) is 17. The summed E-state index contributed by atoms with van der Waals surface area (Å²) >= 11 is 0. The van der Waals surface area contributed by atoms with Crippen molar-refractivity contribution < 1.29 is 80.9 Å². The summed E-state index contributed by atoms with van der Waals surface area (Å²) in [6.07, 6.45) is 13.2. The highest BCUT2D eigenvalue weighted by molar-refractivity contribution is 5.98. The molecule has 5 aromatic carbocycles. The van der Waals surface area contributed by atoms with Crippen LogP contribution in [-0.2, 0) is 28.6 Å². The van der Waals surface area contributed by atoms with Gasteiger partial charge in [0.15, 0.2) is 0 Å². The molecular weight excluding hydrogens is 1000 g/mol. The molecule has 0 heterocycles. The van der Waals surface area contributed by atoms with Gasteiger partial charge in [0, 0.05) is 18.2 Å². The van der Waals surface area contributed by atoms with E-state index in [2.05, 4.69) is 19.7 Å². The zero-order chi connectivity index (χ0) is 55.7. The van der Waals surface area contributed by atoms with Gasteiger partial charge in [-0.2, -0.15) is 0 Å². The van der Waals surface area contributed by atoms with Crippen LogP contribution in [0.25, 0.3) is 0 Å². The first kappa shape index (κ1) is 59.9. The molecule has 0 aliphatic rings. The average Bonchev–Trinajstić information content (AvgIpc) is 3.48. The summed E-state index contributed by atoms with van der Waals surface area (Å²) in [5, 5.41) is 0. The third kappa shape index (κ3) is 22.1. The van der Waals surface area contributed by atoms with Crippen LogP contribution < -0.4 is 33.2 Å². The number of rotatable bonds is 35. The van der Waals surface area contributed by atoms with Crippen LogP contribution in [0.4, 0.5) is 0 Å². The van der Waals surface area contributed by atoms with E-state index < -0.39 is 41.8 Å². The Kier molecular flexibility index (Phi) is 26.0. The number of carbonyl (C=O) groups is 7. The second-order valence-corrected chi connectivity index (χ2v) is 17.2. The van der Waals surface area contributed by atoms with Crippen molar-refractivity contribution in [2.45, 2.75) is 77.0 Å². The Morgan fingerprint density at radius 2 is 0.590 bits per heavy atom. The van der Waals surface area contributed by atoms with Crippen LogP contribution >= 0.6 is 0 Å². The molecule has 410 valence electrons. The van der Waals surface area contributed by atoms with Gasteiger partial charge in [-0.1, -0.05) is 19.7 Å². The minimum absolute atomic E-state index is 0.0515. The molecule has 0 amide bonds. The van der Waals surface area contributed by atoms with E-state index in [9.17, 15) is 33.6 Å². The Morgan fingerprint density at radius 1 is 0.308 bits per heavy atom. The van der Waals surface area contributed by atoms with Gasteiger partial charge in [0.25, 0.3) is 0 Å². The van der Waals surface area contributed by atoms with E-state index in [1.54, 1.807) is 48.5 Å². The standard InChI is InChI=1S/C61H64O17/c1-4-55(62)72-40-16-10-7-13-37-69-47-25-19-44(20-26-47)58(65)75-50-31-33-51(34-32-50)76-61(68)53-43-52(77-59(66)45-21-27-48(28-22-45)70-38-14-8-11-17-41-73-56(63)5-2)35-36-54(53)78-60(67)46-23-29-49(30-24-46)71-39-15-9-12-18-42-74-57(64)6-3/h4-6,19-36,43H,1-3,7-18,37-42H2. The monoisotopic (exact) mass is 1070 g/mol. The van der Waals surface area contributed by atoms with Crippen molar-refractivity contribution in [3.63, 3.8) is 0 Å². The topological polar surface area (TPSA) is 212 Å². The van der Waals surface area contributed by atoms with Crippen LogP contribution in [0.1, 0.15) is 118 Å². The van der Waals surface area contributed by atoms with Crippen LogP contribution in [0.2, 0.25) is 0 Å². The van der Waals surface area contributed by atoms with Gasteiger partial charge >= 0.3 is 41.8 Å². The third-order valence-corrected chi connectivity index (χ3v) is 11.3. The SMILES string of the molecule is C=CC(=O)OCCCCCCOc1ccc(C(=O)Oc2ccc(OC(=O)c3cc(OC(=O)c4ccc(OCCCCCCOC(=O)C=C)cc4)ccc3OC(=O)c3ccc(OCCCCCCOC(=O)C=C)cc3)cc2)cc1. The quantitative estimate of drug-likeness (QED) is 0.0121. The van der Waals surface area contributed by atoms with Gasteiger partial charge in [-0.05, 0) is 192 Å². The molecule has 0 saturated heterocycles. The number of benzene rings is 5. The molecule has 0 N–H and O–H groups in total. The maximum absolute atomic E-state index is 13.9. The predicted octanol–water partition coefficient (Wildman–Crippen LogP) is 11.6. The summed E-state index contributed by atoms with van der Waals surface area (Å²) in [7, 11) is 0. The number of hydrogen-bond donors (Lipinski definition) is 0. The second kappa shape index (κ2) is 33.8. The number of carbonyl (C=O) groups excluding carboxylic acids is 7. The van der Waals surface area contributed by atoms with Crippen LogP contribution in [0.5, 0.6) is 40.2 Å². The molecule has 17 nitrogen and oxygen atoms in total. The Bertz CT molecular complexity index is 2760. The van der Waals surface area contributed by atoms with E-state index in [0.717, 1.165) is 95.3 Å². The number of ether oxygens (including phenoxy) is 10. The highest BCUT2D eigenvalue weighted by Crippen LogP contribution is 2.29. The summed E-state index contributed by atoms with van der Waals surface area (Å²) in [5.41, 5.74) is 0.375. The first-order valence-electron chi connectivity index (χ1n) is 25.6. The predicted molar refractivity (Wildman–Crippen MR) is 287 cm³/mol. The van der Waals surface area contributed by atoms with Gasteiger partial charge < -0.3 is 47.4 Å². The smallest absolute Gasteiger partial charge is 0.347 e. The van der Waals surface area contributed by atoms with Crippen LogP contribution in [0.3, 0.4) is 0 Å². The lowest BCUT2D eigenvalue weighted by Gasteiger charge is -2.13. The Hall–Kier alpha value is -8.99. The molecule has 0 radical (unpaired) electrons. The lowest BCUT2D eigenvalue weighted by molar-refractivity contribution is -0.138. The lowest BCUT2D eigenvalue weighted by atomic mass is 10.1. The molecule has 0 aromatic heterocycles. The van der Waals surface area contributed by atoms with Crippen molar-refractivity contribution in [3.8, 4) is 40.2 Å². The van der Waals surface area contributed by atoms with Gasteiger partial charge in [-0.15, -0.1) is 0 Å². The van der Waals surface area contributed by atoms with Gasteiger partial charge in [-0.25, -0.2) is 33.6 Å². The van der Waals surface area contributed by atoms with Gasteiger partial charge in [0.05, 0.1) is 56.3 Å². The maximum atomic E-state index is 13.9. The first-order chi connectivity index (χ1) is 37.9. The number of unbranched alkanes of at least 4 members (excludes halogenated alkanes) is 9. The minimum Gasteiger partial charge on any atom is -0.494 e. The summed E-state index contributed by atoms with van der Waals surface area (Å²) < 4.78 is 55.0. The van der Waals surface area contributed by atoms with Crippen molar-refractivity contribution in [1.82, 2.24) is 0 Å². The van der Waals surface area contributed by atoms with Crippen LogP contribution in [0.15, 0.2) is 153 Å². The molecule has 0 aliphatic heterocycles. The molecule has 0 fully saturated rings. The molecular formula is C61H64O17. The van der Waals surface area contributed by atoms with E-state index in [1.165, 1.54) is 66.7 Å². The Balaban J connectivity index is 1.17. The molecule has 0 unspecified atom stereocenters. The molecule has 5 rings (SSSR count). The summed E-state index contributed by atoms with van der Waals surface area (Å²) in [6.45, 7) is 12.5. The van der Waals surface area contributed by atoms with E-state index in [-0.39, 0.29) is 45.3 Å². The fraction of sp³-hybridized carbons (Fsp3) is 0.295. The molecule has 0 spiro atoms. The first-order valence-corrected chi connectivity index (χ1v) is 25.6. The van der Waals surface area contributed by atoms with Gasteiger partial charge in [0.2, 0.25) is 0 Å². The summed E-state index contributed by atoms with van der Waals surface area (Å²) in [5.74, 6) is -2.83. The van der Waals surface area contributed by atoms with Crippen molar-refractivity contribution in [2.24, 2.45) is 0 Å². The summed E-state index contributed by atoms with van der Waals surface area (Å²) in [4.78, 5) is 87.2. The molecule has 0 aliphatic carbocycles. The molecule has 0 atom stereocenters. The molecule has 5 aromatic rings. The van der Waals surface area contributed by atoms with Gasteiger partial charge in [0.1, 0.15) is 45.8 Å². The minimum atomic E-state index is -0.964. The second-order valence-electron chi connectivity index (χ2n) is 17.2. The lowest BCUT2D eigenvalue weighted by Crippen LogP contribution is -2.15. The van der Waals surface area contributed by atoms with E-state index >= 15 is 0 Å². The Labute approximate surface area is 453 Å². The third-order valence-electron chi connectivity index (χ3n) is 11.3. The van der Waals surface area contributed by atoms with Crippen LogP contribution in [-0.4, -0.2) is 81.4 Å². The fourth-order valence-corrected chi connectivity index (χ4v) is 7.05.